The molecule has 2 N–H and O–H groups in total. The fraction of sp³-hybridized carbons (Fsp3) is 0.562. The molecule has 2 rings (SSSR count). The molecule has 1 aromatic carbocycles. The molecular formula is C16H24N2O2. The van der Waals surface area contributed by atoms with Gasteiger partial charge < -0.3 is 15.4 Å². The van der Waals surface area contributed by atoms with Crippen LogP contribution in [0.25, 0.3) is 0 Å². The van der Waals surface area contributed by atoms with Gasteiger partial charge in [-0.25, -0.2) is 4.79 Å². The van der Waals surface area contributed by atoms with Crippen LogP contribution in [0.3, 0.4) is 0 Å². The lowest BCUT2D eigenvalue weighted by Crippen LogP contribution is -2.43. The second-order valence-corrected chi connectivity index (χ2v) is 5.34. The lowest BCUT2D eigenvalue weighted by atomic mass is 9.81. The van der Waals surface area contributed by atoms with Gasteiger partial charge in [0.15, 0.2) is 0 Å². The standard InChI is InChI=1S/C16H24N2O2/c1-3-17-16(19)18-14-8-4-6-12(10-14)13-7-5-9-15(11-13)20-2/h5,7,9,11-12,14H,3-4,6,8,10H2,1-2H3,(H2,17,18,19)/t12-,14+/m1/s1. The number of benzene rings is 1. The van der Waals surface area contributed by atoms with E-state index in [4.69, 9.17) is 4.74 Å². The second kappa shape index (κ2) is 7.17. The Kier molecular flexibility index (Phi) is 5.27. The third kappa shape index (κ3) is 3.89. The number of nitrogens with one attached hydrogen (secondary N) is 2. The van der Waals surface area contributed by atoms with Crippen molar-refractivity contribution in [3.63, 3.8) is 0 Å². The van der Waals surface area contributed by atoms with Crippen molar-refractivity contribution in [2.45, 2.75) is 44.6 Å². The zero-order valence-electron chi connectivity index (χ0n) is 12.3. The van der Waals surface area contributed by atoms with Crippen molar-refractivity contribution in [1.82, 2.24) is 10.6 Å². The van der Waals surface area contributed by atoms with Gasteiger partial charge in [-0.15, -0.1) is 0 Å². The SMILES string of the molecule is CCNC(=O)N[C@H]1CCC[C@@H](c2cccc(OC)c2)C1. The van der Waals surface area contributed by atoms with Gasteiger partial charge in [0.05, 0.1) is 7.11 Å². The minimum Gasteiger partial charge on any atom is -0.497 e. The fourth-order valence-corrected chi connectivity index (χ4v) is 2.92. The number of rotatable bonds is 4. The molecule has 0 bridgehead atoms. The average molecular weight is 276 g/mol. The number of methoxy groups -OCH3 is 1. The molecule has 0 radical (unpaired) electrons. The topological polar surface area (TPSA) is 50.4 Å². The first-order valence-electron chi connectivity index (χ1n) is 7.41. The normalized spacial score (nSPS) is 22.1. The smallest absolute Gasteiger partial charge is 0.314 e. The number of hydrogen-bond acceptors (Lipinski definition) is 2. The number of amides is 2. The molecule has 1 aliphatic carbocycles. The van der Waals surface area contributed by atoms with Crippen molar-refractivity contribution in [2.24, 2.45) is 0 Å². The number of hydrogen-bond donors (Lipinski definition) is 2. The molecule has 2 atom stereocenters. The van der Waals surface area contributed by atoms with E-state index in [1.807, 2.05) is 19.1 Å². The maximum absolute atomic E-state index is 11.6. The summed E-state index contributed by atoms with van der Waals surface area (Å²) in [6.07, 6.45) is 4.40. The average Bonchev–Trinajstić information content (AvgIpc) is 2.48. The molecular weight excluding hydrogens is 252 g/mol. The first-order valence-corrected chi connectivity index (χ1v) is 7.41. The van der Waals surface area contributed by atoms with E-state index in [1.54, 1.807) is 7.11 Å². The van der Waals surface area contributed by atoms with E-state index < -0.39 is 0 Å². The van der Waals surface area contributed by atoms with E-state index in [1.165, 1.54) is 12.0 Å². The Bertz CT molecular complexity index is 448. The monoisotopic (exact) mass is 276 g/mol. The lowest BCUT2D eigenvalue weighted by Gasteiger charge is -2.30. The van der Waals surface area contributed by atoms with Crippen LogP contribution in [0.4, 0.5) is 4.79 Å². The van der Waals surface area contributed by atoms with Crippen LogP contribution in [0, 0.1) is 0 Å². The number of carbonyl (C=O) groups is 1. The lowest BCUT2D eigenvalue weighted by molar-refractivity contribution is 0.231. The summed E-state index contributed by atoms with van der Waals surface area (Å²) in [5.74, 6) is 1.41. The van der Waals surface area contributed by atoms with Crippen LogP contribution in [0.2, 0.25) is 0 Å². The highest BCUT2D eigenvalue weighted by molar-refractivity contribution is 5.74. The summed E-state index contributed by atoms with van der Waals surface area (Å²) in [6, 6.07) is 8.49. The van der Waals surface area contributed by atoms with Gasteiger partial charge >= 0.3 is 6.03 Å². The molecule has 1 aromatic rings. The molecule has 0 aliphatic heterocycles. The van der Waals surface area contributed by atoms with E-state index in [0.29, 0.717) is 12.5 Å². The van der Waals surface area contributed by atoms with Crippen LogP contribution >= 0.6 is 0 Å². The highest BCUT2D eigenvalue weighted by Crippen LogP contribution is 2.34. The molecule has 0 spiro atoms. The number of urea groups is 1. The number of carbonyl (C=O) groups excluding carboxylic acids is 1. The van der Waals surface area contributed by atoms with Gasteiger partial charge in [-0.1, -0.05) is 18.6 Å². The van der Waals surface area contributed by atoms with Crippen LogP contribution in [0.15, 0.2) is 24.3 Å². The van der Waals surface area contributed by atoms with Crippen LogP contribution in [0.5, 0.6) is 5.75 Å². The van der Waals surface area contributed by atoms with Crippen LogP contribution in [0.1, 0.15) is 44.1 Å². The van der Waals surface area contributed by atoms with Crippen molar-refractivity contribution in [3.05, 3.63) is 29.8 Å². The summed E-state index contributed by atoms with van der Waals surface area (Å²) < 4.78 is 5.29. The minimum absolute atomic E-state index is 0.0520. The van der Waals surface area contributed by atoms with E-state index in [-0.39, 0.29) is 12.1 Å². The van der Waals surface area contributed by atoms with E-state index in [2.05, 4.69) is 22.8 Å². The first kappa shape index (κ1) is 14.7. The van der Waals surface area contributed by atoms with Gasteiger partial charge in [-0.05, 0) is 49.8 Å². The molecule has 0 saturated heterocycles. The predicted molar refractivity (Wildman–Crippen MR) is 80.2 cm³/mol. The molecule has 2 amide bonds. The van der Waals surface area contributed by atoms with E-state index >= 15 is 0 Å². The Labute approximate surface area is 120 Å². The summed E-state index contributed by atoms with van der Waals surface area (Å²) in [5.41, 5.74) is 1.31. The maximum Gasteiger partial charge on any atom is 0.314 e. The van der Waals surface area contributed by atoms with Crippen molar-refractivity contribution >= 4 is 6.03 Å². The Hall–Kier alpha value is -1.71. The summed E-state index contributed by atoms with van der Waals surface area (Å²) in [4.78, 5) is 11.6. The van der Waals surface area contributed by atoms with Crippen LogP contribution in [-0.2, 0) is 0 Å². The molecule has 0 heterocycles. The zero-order valence-corrected chi connectivity index (χ0v) is 12.3. The Morgan fingerprint density at radius 1 is 1.40 bits per heavy atom. The van der Waals surface area contributed by atoms with Crippen LogP contribution < -0.4 is 15.4 Å². The molecule has 0 aromatic heterocycles. The molecule has 110 valence electrons. The quantitative estimate of drug-likeness (QED) is 0.888. The van der Waals surface area contributed by atoms with Crippen molar-refractivity contribution in [1.29, 1.82) is 0 Å². The molecule has 0 unspecified atom stereocenters. The van der Waals surface area contributed by atoms with E-state index in [0.717, 1.165) is 25.0 Å². The van der Waals surface area contributed by atoms with Gasteiger partial charge in [0, 0.05) is 12.6 Å². The Morgan fingerprint density at radius 3 is 3.00 bits per heavy atom. The second-order valence-electron chi connectivity index (χ2n) is 5.34. The molecule has 1 saturated carbocycles. The number of ether oxygens (including phenoxy) is 1. The van der Waals surface area contributed by atoms with Gasteiger partial charge in [-0.3, -0.25) is 0 Å². The van der Waals surface area contributed by atoms with Crippen LogP contribution in [-0.4, -0.2) is 25.7 Å². The molecule has 20 heavy (non-hydrogen) atoms. The fourth-order valence-electron chi connectivity index (χ4n) is 2.92. The molecule has 4 heteroatoms. The highest BCUT2D eigenvalue weighted by Gasteiger charge is 2.24. The van der Waals surface area contributed by atoms with E-state index in [9.17, 15) is 4.79 Å². The minimum atomic E-state index is -0.0520. The van der Waals surface area contributed by atoms with Gasteiger partial charge in [0.25, 0.3) is 0 Å². The summed E-state index contributed by atoms with van der Waals surface area (Å²) in [5, 5.41) is 5.86. The predicted octanol–water partition coefficient (Wildman–Crippen LogP) is 3.04. The van der Waals surface area contributed by atoms with Gasteiger partial charge in [0.2, 0.25) is 0 Å². The third-order valence-corrected chi connectivity index (χ3v) is 3.91. The van der Waals surface area contributed by atoms with Gasteiger partial charge in [-0.2, -0.15) is 0 Å². The Morgan fingerprint density at radius 2 is 2.25 bits per heavy atom. The zero-order chi connectivity index (χ0) is 14.4. The maximum atomic E-state index is 11.6. The van der Waals surface area contributed by atoms with Crippen molar-refractivity contribution in [3.8, 4) is 5.75 Å². The largest absolute Gasteiger partial charge is 0.497 e. The summed E-state index contributed by atoms with van der Waals surface area (Å²) in [6.45, 7) is 2.59. The molecule has 1 aliphatic rings. The Balaban J connectivity index is 1.97. The molecule has 1 fully saturated rings. The summed E-state index contributed by atoms with van der Waals surface area (Å²) >= 11 is 0. The third-order valence-electron chi connectivity index (χ3n) is 3.91. The summed E-state index contributed by atoms with van der Waals surface area (Å²) in [7, 11) is 1.69. The van der Waals surface area contributed by atoms with Crippen molar-refractivity contribution in [2.75, 3.05) is 13.7 Å². The van der Waals surface area contributed by atoms with Crippen molar-refractivity contribution < 1.29 is 9.53 Å². The molecule has 4 nitrogen and oxygen atoms in total. The highest BCUT2D eigenvalue weighted by atomic mass is 16.5. The van der Waals surface area contributed by atoms with Gasteiger partial charge in [0.1, 0.15) is 5.75 Å². The first-order chi connectivity index (χ1) is 9.72.